The largest absolute Gasteiger partial charge is 0.452 e. The van der Waals surface area contributed by atoms with Crippen LogP contribution in [0.25, 0.3) is 0 Å². The Morgan fingerprint density at radius 1 is 1.09 bits per heavy atom. The van der Waals surface area contributed by atoms with E-state index in [9.17, 15) is 18.0 Å². The number of rotatable bonds is 6. The molecule has 2 aliphatic rings. The number of amidine groups is 1. The fourth-order valence-electron chi connectivity index (χ4n) is 4.24. The summed E-state index contributed by atoms with van der Waals surface area (Å²) < 4.78 is 34.9. The number of benzene rings is 2. The first-order valence-electron chi connectivity index (χ1n) is 11.5. The van der Waals surface area contributed by atoms with Crippen LogP contribution in [0.15, 0.2) is 57.8 Å². The van der Waals surface area contributed by atoms with E-state index >= 15 is 0 Å². The van der Waals surface area contributed by atoms with E-state index < -0.39 is 22.6 Å². The third-order valence-electron chi connectivity index (χ3n) is 6.05. The number of hydrogen-bond acceptors (Lipinski definition) is 6. The van der Waals surface area contributed by atoms with E-state index in [0.717, 1.165) is 24.8 Å². The lowest BCUT2D eigenvalue weighted by Gasteiger charge is -2.29. The highest BCUT2D eigenvalue weighted by molar-refractivity contribution is 7.90. The van der Waals surface area contributed by atoms with Crippen LogP contribution in [0.1, 0.15) is 55.5 Å². The Morgan fingerprint density at radius 2 is 1.85 bits per heavy atom. The van der Waals surface area contributed by atoms with Gasteiger partial charge in [0.25, 0.3) is 15.9 Å². The Morgan fingerprint density at radius 3 is 2.59 bits per heavy atom. The van der Waals surface area contributed by atoms with E-state index in [1.807, 2.05) is 49.1 Å². The number of fused-ring (bicyclic) bond motifs is 3. The molecule has 2 aliphatic heterocycles. The second kappa shape index (κ2) is 9.97. The molecular formula is C25H29N3O5S. The molecule has 0 radical (unpaired) electrons. The van der Waals surface area contributed by atoms with Gasteiger partial charge in [-0.25, -0.2) is 4.79 Å². The van der Waals surface area contributed by atoms with Gasteiger partial charge in [0, 0.05) is 25.6 Å². The number of nitrogens with zero attached hydrogens (tertiary/aromatic N) is 3. The zero-order valence-corrected chi connectivity index (χ0v) is 20.3. The lowest BCUT2D eigenvalue weighted by atomic mass is 10.1. The predicted molar refractivity (Wildman–Crippen MR) is 129 cm³/mol. The highest BCUT2D eigenvalue weighted by Crippen LogP contribution is 2.35. The number of anilines is 1. The average Bonchev–Trinajstić information content (AvgIpc) is 3.06. The Kier molecular flexibility index (Phi) is 7.02. The summed E-state index contributed by atoms with van der Waals surface area (Å²) in [5.74, 6) is -0.518. The second-order valence-corrected chi connectivity index (χ2v) is 10.4. The first-order valence-corrected chi connectivity index (χ1v) is 13.0. The molecule has 0 bridgehead atoms. The molecule has 8 nitrogen and oxygen atoms in total. The van der Waals surface area contributed by atoms with Crippen LogP contribution in [-0.2, 0) is 26.1 Å². The van der Waals surface area contributed by atoms with Crippen molar-refractivity contribution in [3.63, 3.8) is 0 Å². The van der Waals surface area contributed by atoms with Crippen molar-refractivity contribution >= 4 is 33.4 Å². The number of carbonyl (C=O) groups is 2. The molecule has 0 spiro atoms. The zero-order chi connectivity index (χ0) is 24.3. The summed E-state index contributed by atoms with van der Waals surface area (Å²) in [7, 11) is -3.91. The topological polar surface area (TPSA) is 96.3 Å². The summed E-state index contributed by atoms with van der Waals surface area (Å²) in [4.78, 5) is 29.0. The lowest BCUT2D eigenvalue weighted by Crippen LogP contribution is -2.39. The van der Waals surface area contributed by atoms with Gasteiger partial charge in [-0.15, -0.1) is 4.40 Å². The molecular weight excluding hydrogens is 454 g/mol. The monoisotopic (exact) mass is 483 g/mol. The van der Waals surface area contributed by atoms with Gasteiger partial charge in [0.1, 0.15) is 10.7 Å². The molecule has 0 N–H and O–H groups in total. The van der Waals surface area contributed by atoms with Crippen molar-refractivity contribution in [1.82, 2.24) is 4.90 Å². The van der Waals surface area contributed by atoms with Gasteiger partial charge in [0.05, 0.1) is 11.3 Å². The zero-order valence-electron chi connectivity index (χ0n) is 19.4. The number of esters is 1. The molecule has 0 aliphatic carbocycles. The van der Waals surface area contributed by atoms with Gasteiger partial charge in [-0.3, -0.25) is 4.79 Å². The molecule has 0 unspecified atom stereocenters. The quantitative estimate of drug-likeness (QED) is 0.581. The number of amides is 1. The van der Waals surface area contributed by atoms with Crippen molar-refractivity contribution in [3.05, 3.63) is 59.7 Å². The fourth-order valence-corrected chi connectivity index (χ4v) is 5.52. The maximum Gasteiger partial charge on any atom is 0.338 e. The van der Waals surface area contributed by atoms with E-state index in [2.05, 4.69) is 4.40 Å². The number of sulfonamides is 1. The third-order valence-corrected chi connectivity index (χ3v) is 7.38. The molecule has 34 heavy (non-hydrogen) atoms. The normalized spacial score (nSPS) is 16.7. The molecule has 1 saturated heterocycles. The maximum absolute atomic E-state index is 12.8. The van der Waals surface area contributed by atoms with Crippen LogP contribution >= 0.6 is 0 Å². The van der Waals surface area contributed by atoms with Crippen molar-refractivity contribution in [2.75, 3.05) is 18.1 Å². The minimum Gasteiger partial charge on any atom is -0.452 e. The molecule has 2 heterocycles. The second-order valence-electron chi connectivity index (χ2n) is 8.80. The molecule has 0 aromatic heterocycles. The molecule has 2 aromatic carbocycles. The Balaban J connectivity index is 1.48. The van der Waals surface area contributed by atoms with Crippen LogP contribution in [0.5, 0.6) is 0 Å². The molecule has 1 amide bonds. The summed E-state index contributed by atoms with van der Waals surface area (Å²) in [5, 5.41) is 0. The highest BCUT2D eigenvalue weighted by atomic mass is 32.2. The molecule has 0 saturated carbocycles. The van der Waals surface area contributed by atoms with E-state index in [1.54, 1.807) is 17.0 Å². The van der Waals surface area contributed by atoms with Crippen molar-refractivity contribution in [3.8, 4) is 0 Å². The summed E-state index contributed by atoms with van der Waals surface area (Å²) in [5.41, 5.74) is 1.58. The van der Waals surface area contributed by atoms with Gasteiger partial charge < -0.3 is 14.5 Å². The number of hydrogen-bond donors (Lipinski definition) is 0. The first-order chi connectivity index (χ1) is 16.3. The summed E-state index contributed by atoms with van der Waals surface area (Å²) in [6.45, 7) is 4.46. The van der Waals surface area contributed by atoms with E-state index in [1.165, 1.54) is 6.07 Å². The van der Waals surface area contributed by atoms with E-state index in [0.29, 0.717) is 31.0 Å². The number of carbonyl (C=O) groups excluding carboxylic acids is 2. The highest BCUT2D eigenvalue weighted by Gasteiger charge is 2.32. The first kappa shape index (κ1) is 23.9. The van der Waals surface area contributed by atoms with Gasteiger partial charge in [-0.05, 0) is 50.5 Å². The van der Waals surface area contributed by atoms with Gasteiger partial charge in [0.2, 0.25) is 0 Å². The minimum absolute atomic E-state index is 0.00758. The van der Waals surface area contributed by atoms with E-state index in [4.69, 9.17) is 4.74 Å². The van der Waals surface area contributed by atoms with Crippen LogP contribution in [0.4, 0.5) is 5.69 Å². The van der Waals surface area contributed by atoms with Gasteiger partial charge in [-0.1, -0.05) is 36.8 Å². The summed E-state index contributed by atoms with van der Waals surface area (Å²) >= 11 is 0. The van der Waals surface area contributed by atoms with Crippen LogP contribution in [-0.4, -0.2) is 50.2 Å². The van der Waals surface area contributed by atoms with Gasteiger partial charge >= 0.3 is 5.97 Å². The van der Waals surface area contributed by atoms with Gasteiger partial charge in [-0.2, -0.15) is 8.42 Å². The standard InChI is InChI=1S/C25H29N3O5S/c1-18(2)28(16-19-9-5-3-6-10-19)24(29)17-33-25(30)20-12-13-21-22(15-20)34(31,32)26-23-11-7-4-8-14-27(21)23/h3,5-6,9-10,12-13,15,18H,4,7-8,11,14,16-17H2,1-2H3. The van der Waals surface area contributed by atoms with Crippen LogP contribution in [0.2, 0.25) is 0 Å². The SMILES string of the molecule is CC(C)N(Cc1ccccc1)C(=O)COC(=O)c1ccc2c(c1)S(=O)(=O)N=C1CCCCCN12. The molecule has 0 atom stereocenters. The third kappa shape index (κ3) is 5.14. The summed E-state index contributed by atoms with van der Waals surface area (Å²) in [6.07, 6.45) is 3.47. The summed E-state index contributed by atoms with van der Waals surface area (Å²) in [6, 6.07) is 14.0. The lowest BCUT2D eigenvalue weighted by molar-refractivity contribution is -0.136. The molecule has 2 aromatic rings. The Hall–Kier alpha value is -3.20. The molecule has 180 valence electrons. The van der Waals surface area contributed by atoms with Gasteiger partial charge in [0.15, 0.2) is 6.61 Å². The molecule has 4 rings (SSSR count). The maximum atomic E-state index is 12.8. The Bertz CT molecular complexity index is 1210. The van der Waals surface area contributed by atoms with Crippen molar-refractivity contribution in [2.24, 2.45) is 4.40 Å². The number of ether oxygens (including phenoxy) is 1. The van der Waals surface area contributed by atoms with Crippen molar-refractivity contribution in [2.45, 2.75) is 57.0 Å². The van der Waals surface area contributed by atoms with E-state index in [-0.39, 0.29) is 22.4 Å². The molecule has 1 fully saturated rings. The minimum atomic E-state index is -3.91. The fraction of sp³-hybridized carbons (Fsp3) is 0.400. The van der Waals surface area contributed by atoms with Crippen LogP contribution in [0, 0.1) is 0 Å². The molecule has 9 heteroatoms. The van der Waals surface area contributed by atoms with Crippen molar-refractivity contribution in [1.29, 1.82) is 0 Å². The smallest absolute Gasteiger partial charge is 0.338 e. The van der Waals surface area contributed by atoms with Crippen molar-refractivity contribution < 1.29 is 22.7 Å². The van der Waals surface area contributed by atoms with Crippen LogP contribution in [0.3, 0.4) is 0 Å². The van der Waals surface area contributed by atoms with Crippen LogP contribution < -0.4 is 4.90 Å². The predicted octanol–water partition coefficient (Wildman–Crippen LogP) is 3.76. The Labute approximate surface area is 200 Å². The average molecular weight is 484 g/mol.